The molecule has 0 aromatic heterocycles. The first-order valence-corrected chi connectivity index (χ1v) is 5.14. The van der Waals surface area contributed by atoms with E-state index in [1.54, 1.807) is 0 Å². The highest BCUT2D eigenvalue weighted by atomic mass is 32.3. The summed E-state index contributed by atoms with van der Waals surface area (Å²) in [7, 11) is -4.70. The number of hydrogen-bond donors (Lipinski definition) is 4. The molecule has 4 atom stereocenters. The van der Waals surface area contributed by atoms with Crippen molar-refractivity contribution in [3.05, 3.63) is 0 Å². The molecule has 0 spiro atoms. The van der Waals surface area contributed by atoms with Crippen molar-refractivity contribution >= 4 is 10.4 Å². The zero-order valence-electron chi connectivity index (χ0n) is 7.10. The third-order valence-electron chi connectivity index (χ3n) is 2.11. The molecule has 2 rings (SSSR count). The average molecular weight is 244 g/mol. The summed E-state index contributed by atoms with van der Waals surface area (Å²) in [5.74, 6) is -6.13. The maximum atomic E-state index is 10.8. The van der Waals surface area contributed by atoms with Crippen molar-refractivity contribution in [2.24, 2.45) is 0 Å². The zero-order valence-corrected chi connectivity index (χ0v) is 7.92. The van der Waals surface area contributed by atoms with E-state index in [0.717, 1.165) is 0 Å². The molecule has 0 aromatic rings. The van der Waals surface area contributed by atoms with Gasteiger partial charge in [0.1, 0.15) is 12.2 Å². The number of aliphatic hydroxyl groups is 4. The fourth-order valence-corrected chi connectivity index (χ4v) is 2.33. The quantitative estimate of drug-likeness (QED) is 0.339. The summed E-state index contributed by atoms with van der Waals surface area (Å²) in [4.78, 5) is 0. The van der Waals surface area contributed by atoms with Crippen molar-refractivity contribution in [3.63, 3.8) is 0 Å². The maximum Gasteiger partial charge on any atom is 0.407 e. The van der Waals surface area contributed by atoms with Gasteiger partial charge >= 0.3 is 16.4 Å². The molecule has 0 radical (unpaired) electrons. The van der Waals surface area contributed by atoms with Crippen LogP contribution in [0.1, 0.15) is 0 Å². The summed E-state index contributed by atoms with van der Waals surface area (Å²) in [5.41, 5.74) is 0. The molecular formula is C5H8O9S. The van der Waals surface area contributed by atoms with E-state index >= 15 is 0 Å². The Labute approximate surface area is 83.7 Å². The lowest BCUT2D eigenvalue weighted by molar-refractivity contribution is -0.459. The molecule has 2 saturated heterocycles. The van der Waals surface area contributed by atoms with Crippen LogP contribution in [-0.4, -0.2) is 59.4 Å². The predicted octanol–water partition coefficient (Wildman–Crippen LogP) is -3.64. The molecular weight excluding hydrogens is 236 g/mol. The van der Waals surface area contributed by atoms with E-state index in [-0.39, 0.29) is 0 Å². The molecule has 2 fully saturated rings. The fourth-order valence-electron chi connectivity index (χ4n) is 1.34. The molecule has 0 saturated carbocycles. The lowest BCUT2D eigenvalue weighted by atomic mass is 10.00. The molecule has 0 aliphatic carbocycles. The highest BCUT2D eigenvalue weighted by molar-refractivity contribution is 7.82. The van der Waals surface area contributed by atoms with Crippen molar-refractivity contribution in [1.82, 2.24) is 0 Å². The van der Waals surface area contributed by atoms with Gasteiger partial charge in [-0.2, -0.15) is 12.6 Å². The molecule has 88 valence electrons. The van der Waals surface area contributed by atoms with Gasteiger partial charge in [0.2, 0.25) is 0 Å². The van der Waals surface area contributed by atoms with E-state index in [1.807, 2.05) is 0 Å². The summed E-state index contributed by atoms with van der Waals surface area (Å²) < 4.78 is 33.9. The highest BCUT2D eigenvalue weighted by Crippen LogP contribution is 2.43. The Bertz CT molecular complexity index is 378. The lowest BCUT2D eigenvalue weighted by Gasteiger charge is -2.40. The van der Waals surface area contributed by atoms with Gasteiger partial charge in [-0.15, -0.1) is 0 Å². The van der Waals surface area contributed by atoms with Gasteiger partial charge in [0.25, 0.3) is 5.79 Å². The summed E-state index contributed by atoms with van der Waals surface area (Å²) in [6.45, 7) is -0.626. The van der Waals surface area contributed by atoms with Crippen LogP contribution in [0.2, 0.25) is 0 Å². The Kier molecular flexibility index (Phi) is 2.13. The molecule has 4 N–H and O–H groups in total. The van der Waals surface area contributed by atoms with E-state index in [0.29, 0.717) is 0 Å². The SMILES string of the molecule is O=S1(=O)OC2(O)OC[C@@H](O)[C@H](O)[C@@]2(O)O1. The van der Waals surface area contributed by atoms with Crippen LogP contribution in [0, 0.1) is 0 Å². The Balaban J connectivity index is 2.46. The molecule has 0 aromatic carbocycles. The van der Waals surface area contributed by atoms with E-state index in [9.17, 15) is 23.7 Å². The molecule has 10 heteroatoms. The Morgan fingerprint density at radius 2 is 1.80 bits per heavy atom. The maximum absolute atomic E-state index is 10.8. The average Bonchev–Trinajstić information content (AvgIpc) is 2.27. The first-order chi connectivity index (χ1) is 6.70. The van der Waals surface area contributed by atoms with Gasteiger partial charge in [-0.05, 0) is 0 Å². The third-order valence-corrected chi connectivity index (χ3v) is 3.00. The number of fused-ring (bicyclic) bond motifs is 1. The predicted molar refractivity (Wildman–Crippen MR) is 39.0 cm³/mol. The van der Waals surface area contributed by atoms with Gasteiger partial charge < -0.3 is 25.2 Å². The topological polar surface area (TPSA) is 143 Å². The summed E-state index contributed by atoms with van der Waals surface area (Å²) >= 11 is 0. The van der Waals surface area contributed by atoms with Crippen LogP contribution in [0.15, 0.2) is 0 Å². The van der Waals surface area contributed by atoms with Crippen molar-refractivity contribution in [2.45, 2.75) is 24.0 Å². The number of rotatable bonds is 0. The molecule has 15 heavy (non-hydrogen) atoms. The fraction of sp³-hybridized carbons (Fsp3) is 1.00. The second-order valence-electron chi connectivity index (χ2n) is 3.18. The van der Waals surface area contributed by atoms with Gasteiger partial charge in [-0.1, -0.05) is 0 Å². The van der Waals surface area contributed by atoms with Gasteiger partial charge in [-0.3, -0.25) is 0 Å². The minimum atomic E-state index is -4.70. The van der Waals surface area contributed by atoms with Crippen LogP contribution in [-0.2, 0) is 23.5 Å². The Hall–Kier alpha value is -0.330. The van der Waals surface area contributed by atoms with Gasteiger partial charge in [-0.25, -0.2) is 4.18 Å². The molecule has 2 aliphatic rings. The number of aliphatic hydroxyl groups excluding tert-OH is 2. The van der Waals surface area contributed by atoms with E-state index < -0.39 is 41.0 Å². The van der Waals surface area contributed by atoms with Crippen molar-refractivity contribution in [2.75, 3.05) is 6.61 Å². The van der Waals surface area contributed by atoms with Crippen molar-refractivity contribution < 1.29 is 41.9 Å². The second-order valence-corrected chi connectivity index (χ2v) is 4.33. The smallest absolute Gasteiger partial charge is 0.388 e. The van der Waals surface area contributed by atoms with Crippen molar-refractivity contribution in [1.29, 1.82) is 0 Å². The number of hydrogen-bond acceptors (Lipinski definition) is 9. The van der Waals surface area contributed by atoms with Gasteiger partial charge in [0.05, 0.1) is 6.61 Å². The lowest BCUT2D eigenvalue weighted by Crippen LogP contribution is -2.68. The minimum absolute atomic E-state index is 0.626. The monoisotopic (exact) mass is 244 g/mol. The summed E-state index contributed by atoms with van der Waals surface area (Å²) in [6.07, 6.45) is -3.71. The molecule has 0 bridgehead atoms. The molecule has 2 aliphatic heterocycles. The van der Waals surface area contributed by atoms with E-state index in [2.05, 4.69) is 13.1 Å². The van der Waals surface area contributed by atoms with Crippen LogP contribution < -0.4 is 0 Å². The Morgan fingerprint density at radius 3 is 2.40 bits per heavy atom. The van der Waals surface area contributed by atoms with Crippen molar-refractivity contribution in [3.8, 4) is 0 Å². The van der Waals surface area contributed by atoms with Gasteiger partial charge in [0.15, 0.2) is 0 Å². The zero-order chi connectivity index (χ0) is 11.5. The third kappa shape index (κ3) is 1.38. The van der Waals surface area contributed by atoms with Crippen LogP contribution in [0.4, 0.5) is 0 Å². The van der Waals surface area contributed by atoms with Crippen LogP contribution in [0.3, 0.4) is 0 Å². The van der Waals surface area contributed by atoms with E-state index in [1.165, 1.54) is 0 Å². The summed E-state index contributed by atoms with van der Waals surface area (Å²) in [6, 6.07) is 0. The van der Waals surface area contributed by atoms with E-state index in [4.69, 9.17) is 5.11 Å². The standard InChI is InChI=1S/C5H8O9S/c6-2-1-12-5(9)4(8,3(2)7)13-15(10,11)14-5/h2-3,6-9H,1H2/t2-,3+,4-,5?/m1/s1. The first-order valence-electron chi connectivity index (χ1n) is 3.81. The normalized spacial score (nSPS) is 53.9. The molecule has 0 amide bonds. The minimum Gasteiger partial charge on any atom is -0.388 e. The molecule has 9 nitrogen and oxygen atoms in total. The Morgan fingerprint density at radius 1 is 1.20 bits per heavy atom. The first kappa shape index (κ1) is 11.2. The molecule has 2 heterocycles. The van der Waals surface area contributed by atoms with Gasteiger partial charge in [0, 0.05) is 0 Å². The summed E-state index contributed by atoms with van der Waals surface area (Å²) in [5, 5.41) is 37.4. The van der Waals surface area contributed by atoms with Crippen LogP contribution >= 0.6 is 0 Å². The van der Waals surface area contributed by atoms with Crippen LogP contribution in [0.5, 0.6) is 0 Å². The highest BCUT2D eigenvalue weighted by Gasteiger charge is 2.73. The second kappa shape index (κ2) is 2.87. The van der Waals surface area contributed by atoms with Crippen LogP contribution in [0.25, 0.3) is 0 Å². The molecule has 1 unspecified atom stereocenters. The largest absolute Gasteiger partial charge is 0.407 e. The number of ether oxygens (including phenoxy) is 1.